The monoisotopic (exact) mass is 346 g/mol. The van der Waals surface area contributed by atoms with E-state index in [2.05, 4.69) is 10.3 Å². The fraction of sp³-hybridized carbons (Fsp3) is 0.444. The van der Waals surface area contributed by atoms with E-state index in [0.717, 1.165) is 23.9 Å². The maximum Gasteiger partial charge on any atom is 0.254 e. The summed E-state index contributed by atoms with van der Waals surface area (Å²) in [6.45, 7) is 2.83. The third kappa shape index (κ3) is 3.99. The summed E-state index contributed by atoms with van der Waals surface area (Å²) in [6, 6.07) is 7.72. The SMILES string of the molecule is CSc1ncccc1C(=O)NC[C@H](c1ccco1)[NH+]1CCCCC1. The fourth-order valence-electron chi connectivity index (χ4n) is 3.31. The van der Waals surface area contributed by atoms with Crippen molar-refractivity contribution >= 4 is 17.7 Å². The number of furan rings is 1. The predicted molar refractivity (Wildman–Crippen MR) is 94.3 cm³/mol. The number of amides is 1. The standard InChI is InChI=1S/C18H23N3O2S/c1-24-18-14(7-5-9-19-18)17(22)20-13-15(16-8-6-12-23-16)21-10-3-2-4-11-21/h5-9,12,15H,2-4,10-11,13H2,1H3,(H,20,22)/p+1/t15-/m1/s1. The van der Waals surface area contributed by atoms with Crippen molar-refractivity contribution in [1.82, 2.24) is 10.3 Å². The zero-order valence-corrected chi connectivity index (χ0v) is 14.8. The van der Waals surface area contributed by atoms with Gasteiger partial charge in [0.1, 0.15) is 5.03 Å². The minimum absolute atomic E-state index is 0.0691. The molecule has 1 saturated heterocycles. The number of carbonyl (C=O) groups is 1. The maximum atomic E-state index is 12.6. The van der Waals surface area contributed by atoms with E-state index in [1.54, 1.807) is 18.5 Å². The van der Waals surface area contributed by atoms with Gasteiger partial charge < -0.3 is 14.6 Å². The molecular weight excluding hydrogens is 322 g/mol. The van der Waals surface area contributed by atoms with E-state index in [9.17, 15) is 4.79 Å². The van der Waals surface area contributed by atoms with Gasteiger partial charge in [-0.1, -0.05) is 0 Å². The van der Waals surface area contributed by atoms with Crippen molar-refractivity contribution in [3.63, 3.8) is 0 Å². The Bertz CT molecular complexity index is 654. The lowest BCUT2D eigenvalue weighted by Crippen LogP contribution is -3.13. The molecule has 0 aliphatic carbocycles. The Balaban J connectivity index is 1.70. The quantitative estimate of drug-likeness (QED) is 0.785. The fourth-order valence-corrected chi connectivity index (χ4v) is 3.85. The molecule has 1 aliphatic heterocycles. The van der Waals surface area contributed by atoms with Crippen LogP contribution in [0.2, 0.25) is 0 Å². The number of pyridine rings is 1. The van der Waals surface area contributed by atoms with Crippen molar-refractivity contribution in [2.45, 2.75) is 30.3 Å². The second-order valence-electron chi connectivity index (χ2n) is 6.06. The first kappa shape index (κ1) is 17.0. The molecule has 1 aliphatic rings. The summed E-state index contributed by atoms with van der Waals surface area (Å²) >= 11 is 1.49. The Morgan fingerprint density at radius 2 is 2.17 bits per heavy atom. The topological polar surface area (TPSA) is 59.6 Å². The molecule has 24 heavy (non-hydrogen) atoms. The molecule has 1 atom stereocenters. The van der Waals surface area contributed by atoms with Crippen LogP contribution in [-0.4, -0.2) is 36.8 Å². The summed E-state index contributed by atoms with van der Waals surface area (Å²) in [6.07, 6.45) is 9.13. The summed E-state index contributed by atoms with van der Waals surface area (Å²) < 4.78 is 5.64. The number of aromatic nitrogens is 1. The van der Waals surface area contributed by atoms with Crippen molar-refractivity contribution < 1.29 is 14.1 Å². The van der Waals surface area contributed by atoms with Crippen LogP contribution in [0, 0.1) is 0 Å². The highest BCUT2D eigenvalue weighted by Gasteiger charge is 2.28. The zero-order chi connectivity index (χ0) is 16.8. The lowest BCUT2D eigenvalue weighted by atomic mass is 10.1. The molecule has 5 nitrogen and oxygen atoms in total. The minimum atomic E-state index is -0.0691. The lowest BCUT2D eigenvalue weighted by Gasteiger charge is -2.30. The number of hydrogen-bond acceptors (Lipinski definition) is 4. The number of carbonyl (C=O) groups excluding carboxylic acids is 1. The third-order valence-electron chi connectivity index (χ3n) is 4.55. The molecule has 1 amide bonds. The highest BCUT2D eigenvalue weighted by Crippen LogP contribution is 2.17. The van der Waals surface area contributed by atoms with Crippen molar-refractivity contribution in [1.29, 1.82) is 0 Å². The molecule has 3 heterocycles. The molecular formula is C18H24N3O2S+. The summed E-state index contributed by atoms with van der Waals surface area (Å²) in [7, 11) is 0. The largest absolute Gasteiger partial charge is 0.463 e. The van der Waals surface area contributed by atoms with Crippen LogP contribution in [0.25, 0.3) is 0 Å². The minimum Gasteiger partial charge on any atom is -0.463 e. The molecule has 0 aromatic carbocycles. The second kappa shape index (κ2) is 8.35. The first-order valence-electron chi connectivity index (χ1n) is 8.45. The van der Waals surface area contributed by atoms with E-state index < -0.39 is 0 Å². The Hall–Kier alpha value is -1.79. The van der Waals surface area contributed by atoms with Crippen molar-refractivity contribution in [3.05, 3.63) is 48.0 Å². The van der Waals surface area contributed by atoms with Crippen LogP contribution in [0.15, 0.2) is 46.2 Å². The Morgan fingerprint density at radius 1 is 1.33 bits per heavy atom. The summed E-state index contributed by atoms with van der Waals surface area (Å²) in [4.78, 5) is 18.3. The Morgan fingerprint density at radius 3 is 2.88 bits per heavy atom. The van der Waals surface area contributed by atoms with Gasteiger partial charge in [0.05, 0.1) is 31.5 Å². The van der Waals surface area contributed by atoms with Gasteiger partial charge in [-0.25, -0.2) is 4.98 Å². The third-order valence-corrected chi connectivity index (χ3v) is 5.26. The average molecular weight is 346 g/mol. The van der Waals surface area contributed by atoms with E-state index >= 15 is 0 Å². The van der Waals surface area contributed by atoms with Gasteiger partial charge in [-0.15, -0.1) is 11.8 Å². The van der Waals surface area contributed by atoms with E-state index in [-0.39, 0.29) is 11.9 Å². The van der Waals surface area contributed by atoms with Gasteiger partial charge >= 0.3 is 0 Å². The van der Waals surface area contributed by atoms with E-state index in [1.165, 1.54) is 35.9 Å². The molecule has 128 valence electrons. The van der Waals surface area contributed by atoms with Crippen LogP contribution < -0.4 is 10.2 Å². The Labute approximate surface area is 146 Å². The zero-order valence-electron chi connectivity index (χ0n) is 14.0. The summed E-state index contributed by atoms with van der Waals surface area (Å²) in [5, 5.41) is 3.85. The van der Waals surface area contributed by atoms with Gasteiger partial charge in [-0.3, -0.25) is 4.79 Å². The molecule has 2 aromatic rings. The molecule has 3 rings (SSSR count). The van der Waals surface area contributed by atoms with Crippen molar-refractivity contribution in [2.24, 2.45) is 0 Å². The van der Waals surface area contributed by atoms with Gasteiger partial charge in [-0.05, 0) is 49.8 Å². The molecule has 0 unspecified atom stereocenters. The number of quaternary nitrogens is 1. The highest BCUT2D eigenvalue weighted by atomic mass is 32.2. The van der Waals surface area contributed by atoms with Crippen LogP contribution >= 0.6 is 11.8 Å². The number of piperidine rings is 1. The normalized spacial score (nSPS) is 16.7. The highest BCUT2D eigenvalue weighted by molar-refractivity contribution is 7.98. The molecule has 0 saturated carbocycles. The molecule has 0 radical (unpaired) electrons. The molecule has 0 spiro atoms. The van der Waals surface area contributed by atoms with Gasteiger partial charge in [0.2, 0.25) is 0 Å². The average Bonchev–Trinajstić information content (AvgIpc) is 3.17. The second-order valence-corrected chi connectivity index (χ2v) is 6.85. The first-order chi connectivity index (χ1) is 11.8. The Kier molecular flexibility index (Phi) is 5.93. The predicted octanol–water partition coefficient (Wildman–Crippen LogP) is 1.94. The molecule has 2 aromatic heterocycles. The number of rotatable bonds is 6. The first-order valence-corrected chi connectivity index (χ1v) is 9.67. The molecule has 2 N–H and O–H groups in total. The van der Waals surface area contributed by atoms with E-state index in [1.807, 2.05) is 24.5 Å². The van der Waals surface area contributed by atoms with Gasteiger partial charge in [0.15, 0.2) is 11.8 Å². The van der Waals surface area contributed by atoms with Crippen molar-refractivity contribution in [2.75, 3.05) is 25.9 Å². The molecule has 6 heteroatoms. The number of hydrogen-bond donors (Lipinski definition) is 2. The lowest BCUT2D eigenvalue weighted by molar-refractivity contribution is -0.936. The summed E-state index contributed by atoms with van der Waals surface area (Å²) in [5.74, 6) is 0.879. The van der Waals surface area contributed by atoms with Gasteiger partial charge in [0.25, 0.3) is 5.91 Å². The number of likely N-dealkylation sites (tertiary alicyclic amines) is 1. The van der Waals surface area contributed by atoms with Crippen LogP contribution in [0.5, 0.6) is 0 Å². The maximum absolute atomic E-state index is 12.6. The van der Waals surface area contributed by atoms with Crippen LogP contribution in [-0.2, 0) is 0 Å². The summed E-state index contributed by atoms with van der Waals surface area (Å²) in [5.41, 5.74) is 0.636. The smallest absolute Gasteiger partial charge is 0.254 e. The number of nitrogens with one attached hydrogen (secondary N) is 2. The number of nitrogens with zero attached hydrogens (tertiary/aromatic N) is 1. The van der Waals surface area contributed by atoms with Crippen LogP contribution in [0.1, 0.15) is 41.4 Å². The molecule has 0 bridgehead atoms. The number of thioether (sulfide) groups is 1. The van der Waals surface area contributed by atoms with Gasteiger partial charge in [0, 0.05) is 6.20 Å². The van der Waals surface area contributed by atoms with Crippen molar-refractivity contribution in [3.8, 4) is 0 Å². The van der Waals surface area contributed by atoms with E-state index in [4.69, 9.17) is 4.42 Å². The van der Waals surface area contributed by atoms with Gasteiger partial charge in [-0.2, -0.15) is 0 Å². The van der Waals surface area contributed by atoms with Crippen LogP contribution in [0.3, 0.4) is 0 Å². The van der Waals surface area contributed by atoms with Crippen LogP contribution in [0.4, 0.5) is 0 Å². The molecule has 1 fully saturated rings. The van der Waals surface area contributed by atoms with E-state index in [0.29, 0.717) is 12.1 Å².